The third kappa shape index (κ3) is 6.38. The fourth-order valence-corrected chi connectivity index (χ4v) is 2.76. The van der Waals surface area contributed by atoms with Crippen LogP contribution in [0.4, 0.5) is 0 Å². The molecule has 1 unspecified atom stereocenters. The summed E-state index contributed by atoms with van der Waals surface area (Å²) < 4.78 is 11.0. The molecule has 1 amide bonds. The third-order valence-electron chi connectivity index (χ3n) is 3.91. The summed E-state index contributed by atoms with van der Waals surface area (Å²) in [6.45, 7) is 1.21. The molecule has 27 heavy (non-hydrogen) atoms. The zero-order valence-corrected chi connectivity index (χ0v) is 16.1. The molecule has 1 aliphatic carbocycles. The molecule has 3 rings (SSSR count). The quantitative estimate of drug-likeness (QED) is 0.621. The first-order valence-corrected chi connectivity index (χ1v) is 9.35. The van der Waals surface area contributed by atoms with Crippen molar-refractivity contribution in [1.29, 1.82) is 0 Å². The van der Waals surface area contributed by atoms with Gasteiger partial charge in [-0.15, -0.1) is 0 Å². The van der Waals surface area contributed by atoms with Gasteiger partial charge in [0.15, 0.2) is 6.61 Å². The van der Waals surface area contributed by atoms with E-state index < -0.39 is 0 Å². The van der Waals surface area contributed by atoms with Gasteiger partial charge in [0.1, 0.15) is 18.1 Å². The van der Waals surface area contributed by atoms with Gasteiger partial charge >= 0.3 is 0 Å². The lowest BCUT2D eigenvalue weighted by atomic mass is 9.99. The third-order valence-corrected chi connectivity index (χ3v) is 4.41. The van der Waals surface area contributed by atoms with Crippen molar-refractivity contribution in [3.05, 3.63) is 70.3 Å². The van der Waals surface area contributed by atoms with Gasteiger partial charge in [0.2, 0.25) is 0 Å². The van der Waals surface area contributed by atoms with E-state index in [-0.39, 0.29) is 18.6 Å². The van der Waals surface area contributed by atoms with Gasteiger partial charge in [-0.2, -0.15) is 0 Å². The molecule has 0 fully saturated rings. The van der Waals surface area contributed by atoms with Crippen molar-refractivity contribution in [2.24, 2.45) is 0 Å². The van der Waals surface area contributed by atoms with E-state index >= 15 is 0 Å². The summed E-state index contributed by atoms with van der Waals surface area (Å²) >= 11 is 11.6. The average Bonchev–Trinajstić information content (AvgIpc) is 2.63. The normalized spacial score (nSPS) is 15.3. The predicted octanol–water partition coefficient (Wildman–Crippen LogP) is 3.81. The summed E-state index contributed by atoms with van der Waals surface area (Å²) in [4.78, 5) is 11.9. The maximum Gasteiger partial charge on any atom is 0.258 e. The van der Waals surface area contributed by atoms with Crippen LogP contribution < -0.4 is 20.1 Å². The Kier molecular flexibility index (Phi) is 6.85. The topological polar surface area (TPSA) is 59.6 Å². The molecule has 5 nitrogen and oxygen atoms in total. The predicted molar refractivity (Wildman–Crippen MR) is 107 cm³/mol. The van der Waals surface area contributed by atoms with E-state index in [2.05, 4.69) is 10.6 Å². The monoisotopic (exact) mass is 406 g/mol. The number of hydrogen-bond acceptors (Lipinski definition) is 4. The number of ether oxygens (including phenoxy) is 2. The Morgan fingerprint density at radius 1 is 0.963 bits per heavy atom. The number of carbonyl (C=O) groups excluding carboxylic acids is 1. The van der Waals surface area contributed by atoms with E-state index in [9.17, 15) is 4.79 Å². The van der Waals surface area contributed by atoms with E-state index in [1.54, 1.807) is 36.4 Å². The Bertz CT molecular complexity index is 792. The van der Waals surface area contributed by atoms with E-state index in [1.165, 1.54) is 0 Å². The maximum atomic E-state index is 11.9. The molecule has 2 aromatic carbocycles. The molecule has 1 aliphatic rings. The number of rotatable bonds is 9. The van der Waals surface area contributed by atoms with Crippen LogP contribution in [0, 0.1) is 0 Å². The van der Waals surface area contributed by atoms with Crippen LogP contribution in [-0.2, 0) is 4.79 Å². The second-order valence-electron chi connectivity index (χ2n) is 6.04. The van der Waals surface area contributed by atoms with Gasteiger partial charge in [-0.3, -0.25) is 4.79 Å². The van der Waals surface area contributed by atoms with Gasteiger partial charge in [-0.25, -0.2) is 0 Å². The number of benzene rings is 2. The fourth-order valence-electron chi connectivity index (χ4n) is 2.51. The van der Waals surface area contributed by atoms with Crippen LogP contribution in [0.2, 0.25) is 10.0 Å². The SMILES string of the molecule is O=C(COc1ccc(Cl)cc1)NC1C=C(NCCOc2ccc(Cl)cc2)C1. The smallest absolute Gasteiger partial charge is 0.258 e. The van der Waals surface area contributed by atoms with Crippen molar-refractivity contribution < 1.29 is 14.3 Å². The average molecular weight is 407 g/mol. The highest BCUT2D eigenvalue weighted by atomic mass is 35.5. The summed E-state index contributed by atoms with van der Waals surface area (Å²) in [6.07, 6.45) is 2.76. The molecule has 7 heteroatoms. The first-order chi connectivity index (χ1) is 13.1. The summed E-state index contributed by atoms with van der Waals surface area (Å²) in [6, 6.07) is 14.2. The highest BCUT2D eigenvalue weighted by Gasteiger charge is 2.20. The number of halogens is 2. The zero-order valence-electron chi connectivity index (χ0n) is 14.6. The molecule has 0 aromatic heterocycles. The number of nitrogens with one attached hydrogen (secondary N) is 2. The van der Waals surface area contributed by atoms with E-state index in [0.29, 0.717) is 28.9 Å². The van der Waals surface area contributed by atoms with Gasteiger partial charge in [-0.1, -0.05) is 23.2 Å². The Morgan fingerprint density at radius 2 is 1.52 bits per heavy atom. The van der Waals surface area contributed by atoms with Gasteiger partial charge in [0.25, 0.3) is 5.91 Å². The Labute approximate surface area is 168 Å². The van der Waals surface area contributed by atoms with Crippen LogP contribution in [0.3, 0.4) is 0 Å². The molecule has 0 bridgehead atoms. The van der Waals surface area contributed by atoms with Crippen LogP contribution in [0.5, 0.6) is 11.5 Å². The Hall–Kier alpha value is -2.37. The molecule has 2 aromatic rings. The number of amides is 1. The molecular weight excluding hydrogens is 387 g/mol. The minimum atomic E-state index is -0.156. The molecule has 142 valence electrons. The van der Waals surface area contributed by atoms with E-state index in [4.69, 9.17) is 32.7 Å². The van der Waals surface area contributed by atoms with Gasteiger partial charge < -0.3 is 20.1 Å². The second-order valence-corrected chi connectivity index (χ2v) is 6.91. The molecule has 0 saturated carbocycles. The van der Waals surface area contributed by atoms with Crippen molar-refractivity contribution in [2.75, 3.05) is 19.8 Å². The molecular formula is C20H20Cl2N2O3. The Balaban J connectivity index is 1.28. The summed E-state index contributed by atoms with van der Waals surface area (Å²) in [7, 11) is 0. The van der Waals surface area contributed by atoms with Crippen molar-refractivity contribution >= 4 is 29.1 Å². The summed E-state index contributed by atoms with van der Waals surface area (Å²) in [5, 5.41) is 7.50. The lowest BCUT2D eigenvalue weighted by Crippen LogP contribution is -2.43. The molecule has 0 spiro atoms. The van der Waals surface area contributed by atoms with E-state index in [0.717, 1.165) is 17.9 Å². The minimum absolute atomic E-state index is 0.0241. The maximum absolute atomic E-state index is 11.9. The van der Waals surface area contributed by atoms with Crippen LogP contribution in [0.25, 0.3) is 0 Å². The highest BCUT2D eigenvalue weighted by Crippen LogP contribution is 2.18. The van der Waals surface area contributed by atoms with Crippen molar-refractivity contribution in [2.45, 2.75) is 12.5 Å². The molecule has 2 N–H and O–H groups in total. The van der Waals surface area contributed by atoms with E-state index in [1.807, 2.05) is 18.2 Å². The molecule has 0 heterocycles. The summed E-state index contributed by atoms with van der Waals surface area (Å²) in [5.41, 5.74) is 1.10. The molecule has 0 aliphatic heterocycles. The highest BCUT2D eigenvalue weighted by molar-refractivity contribution is 6.30. The van der Waals surface area contributed by atoms with Gasteiger partial charge in [0.05, 0.1) is 6.04 Å². The fraction of sp³-hybridized carbons (Fsp3) is 0.250. The molecule has 1 atom stereocenters. The lowest BCUT2D eigenvalue weighted by molar-refractivity contribution is -0.123. The first kappa shape index (κ1) is 19.4. The standard InChI is InChI=1S/C20H20Cl2N2O3/c21-14-1-5-18(6-2-14)26-10-9-23-16-11-17(12-16)24-20(25)13-27-19-7-3-15(22)4-8-19/h1-8,11,17,23H,9-10,12-13H2,(H,24,25). The van der Waals surface area contributed by atoms with Crippen molar-refractivity contribution in [3.63, 3.8) is 0 Å². The number of hydrogen-bond donors (Lipinski definition) is 2. The summed E-state index contributed by atoms with van der Waals surface area (Å²) in [5.74, 6) is 1.24. The largest absolute Gasteiger partial charge is 0.492 e. The lowest BCUT2D eigenvalue weighted by Gasteiger charge is -2.27. The molecule has 0 saturated heterocycles. The first-order valence-electron chi connectivity index (χ1n) is 8.59. The molecule has 0 radical (unpaired) electrons. The number of carbonyl (C=O) groups is 1. The Morgan fingerprint density at radius 3 is 2.11 bits per heavy atom. The zero-order chi connectivity index (χ0) is 19.1. The van der Waals surface area contributed by atoms with Crippen LogP contribution in [0.1, 0.15) is 6.42 Å². The minimum Gasteiger partial charge on any atom is -0.492 e. The van der Waals surface area contributed by atoms with Crippen LogP contribution in [-0.4, -0.2) is 31.7 Å². The van der Waals surface area contributed by atoms with Crippen molar-refractivity contribution in [3.8, 4) is 11.5 Å². The van der Waals surface area contributed by atoms with Crippen molar-refractivity contribution in [1.82, 2.24) is 10.6 Å². The van der Waals surface area contributed by atoms with Gasteiger partial charge in [-0.05, 0) is 54.6 Å². The van der Waals surface area contributed by atoms with Crippen LogP contribution in [0.15, 0.2) is 60.3 Å². The second kappa shape index (κ2) is 9.53. The van der Waals surface area contributed by atoms with Crippen LogP contribution >= 0.6 is 23.2 Å². The van der Waals surface area contributed by atoms with Gasteiger partial charge in [0, 0.05) is 28.7 Å².